The summed E-state index contributed by atoms with van der Waals surface area (Å²) in [7, 11) is 0. The second-order valence-electron chi connectivity index (χ2n) is 5.37. The first-order valence-corrected chi connectivity index (χ1v) is 7.28. The number of carboxylic acid groups (broad SMARTS) is 1. The van der Waals surface area contributed by atoms with Crippen molar-refractivity contribution in [2.45, 2.75) is 45.0 Å². The van der Waals surface area contributed by atoms with E-state index in [0.29, 0.717) is 19.0 Å². The lowest BCUT2D eigenvalue weighted by molar-refractivity contribution is -0.104. The maximum Gasteiger partial charge on any atom is 0.339 e. The normalized spacial score (nSPS) is 25.5. The predicted octanol–water partition coefficient (Wildman–Crippen LogP) is 2.74. The zero-order valence-electron chi connectivity index (χ0n) is 12.5. The molecule has 1 aliphatic rings. The number of aromatic carboxylic acids is 1. The van der Waals surface area contributed by atoms with E-state index in [4.69, 9.17) is 19.3 Å². The Kier molecular flexibility index (Phi) is 5.59. The fourth-order valence-corrected chi connectivity index (χ4v) is 2.62. The van der Waals surface area contributed by atoms with Crippen LogP contribution in [-0.4, -0.2) is 42.6 Å². The molecule has 5 heteroatoms. The van der Waals surface area contributed by atoms with Gasteiger partial charge in [0.25, 0.3) is 0 Å². The van der Waals surface area contributed by atoms with Gasteiger partial charge in [0.1, 0.15) is 17.9 Å². The van der Waals surface area contributed by atoms with Crippen LogP contribution in [0, 0.1) is 0 Å². The van der Waals surface area contributed by atoms with Gasteiger partial charge < -0.3 is 19.3 Å². The molecule has 2 atom stereocenters. The van der Waals surface area contributed by atoms with E-state index in [2.05, 4.69) is 0 Å². The molecule has 1 aliphatic heterocycles. The maximum absolute atomic E-state index is 11.0. The fourth-order valence-electron chi connectivity index (χ4n) is 2.62. The van der Waals surface area contributed by atoms with Crippen molar-refractivity contribution in [3.05, 3.63) is 29.8 Å². The molecule has 0 radical (unpaired) electrons. The van der Waals surface area contributed by atoms with Gasteiger partial charge in [-0.3, -0.25) is 0 Å². The quantitative estimate of drug-likeness (QED) is 0.817. The zero-order valence-corrected chi connectivity index (χ0v) is 12.5. The van der Waals surface area contributed by atoms with Crippen LogP contribution in [0.2, 0.25) is 0 Å². The third-order valence-corrected chi connectivity index (χ3v) is 3.47. The molecular formula is C16H22O5. The molecule has 116 valence electrons. The molecule has 1 aromatic rings. The Hall–Kier alpha value is -1.59. The number of hydrogen-bond acceptors (Lipinski definition) is 4. The van der Waals surface area contributed by atoms with Crippen LogP contribution in [0.25, 0.3) is 0 Å². The van der Waals surface area contributed by atoms with E-state index >= 15 is 0 Å². The van der Waals surface area contributed by atoms with Gasteiger partial charge >= 0.3 is 5.97 Å². The minimum absolute atomic E-state index is 0.172. The van der Waals surface area contributed by atoms with Crippen LogP contribution in [0.1, 0.15) is 37.0 Å². The van der Waals surface area contributed by atoms with Crippen molar-refractivity contribution >= 4 is 5.97 Å². The van der Waals surface area contributed by atoms with Gasteiger partial charge in [-0.1, -0.05) is 12.1 Å². The molecule has 2 rings (SSSR count). The van der Waals surface area contributed by atoms with E-state index in [1.807, 2.05) is 13.8 Å². The summed E-state index contributed by atoms with van der Waals surface area (Å²) in [5, 5.41) is 9.06. The second kappa shape index (κ2) is 7.43. The van der Waals surface area contributed by atoms with Crippen molar-refractivity contribution in [1.82, 2.24) is 0 Å². The first kappa shape index (κ1) is 15.8. The summed E-state index contributed by atoms with van der Waals surface area (Å²) in [6, 6.07) is 6.62. The molecule has 5 nitrogen and oxygen atoms in total. The SMILES string of the molecule is CC1CC(OCCOc2ccccc2C(=O)O)CC(C)O1. The molecule has 0 amide bonds. The standard InChI is InChI=1S/C16H22O5/c1-11-9-13(10-12(2)21-11)19-7-8-20-15-6-4-3-5-14(15)16(17)18/h3-6,11-13H,7-10H2,1-2H3,(H,17,18). The summed E-state index contributed by atoms with van der Waals surface area (Å²) in [6.45, 7) is 4.87. The molecule has 0 bridgehead atoms. The van der Waals surface area contributed by atoms with Crippen LogP contribution in [0.5, 0.6) is 5.75 Å². The van der Waals surface area contributed by atoms with Crippen molar-refractivity contribution in [2.75, 3.05) is 13.2 Å². The van der Waals surface area contributed by atoms with Crippen LogP contribution >= 0.6 is 0 Å². The minimum atomic E-state index is -0.987. The molecule has 2 unspecified atom stereocenters. The number of para-hydroxylation sites is 1. The van der Waals surface area contributed by atoms with Crippen LogP contribution in [0.15, 0.2) is 24.3 Å². The van der Waals surface area contributed by atoms with Gasteiger partial charge in [-0.25, -0.2) is 4.79 Å². The van der Waals surface area contributed by atoms with Gasteiger partial charge in [0.15, 0.2) is 0 Å². The van der Waals surface area contributed by atoms with Gasteiger partial charge in [0.05, 0.1) is 24.9 Å². The van der Waals surface area contributed by atoms with Crippen molar-refractivity contribution in [1.29, 1.82) is 0 Å². The molecule has 1 saturated heterocycles. The van der Waals surface area contributed by atoms with Crippen molar-refractivity contribution in [3.8, 4) is 5.75 Å². The molecule has 1 N–H and O–H groups in total. The largest absolute Gasteiger partial charge is 0.490 e. The van der Waals surface area contributed by atoms with Crippen LogP contribution in [0.3, 0.4) is 0 Å². The highest BCUT2D eigenvalue weighted by Crippen LogP contribution is 2.22. The monoisotopic (exact) mass is 294 g/mol. The molecule has 1 aromatic carbocycles. The van der Waals surface area contributed by atoms with Gasteiger partial charge in [-0.05, 0) is 38.8 Å². The molecule has 0 spiro atoms. The number of carboxylic acids is 1. The number of ether oxygens (including phenoxy) is 3. The molecule has 0 aromatic heterocycles. The zero-order chi connectivity index (χ0) is 15.2. The topological polar surface area (TPSA) is 65.0 Å². The minimum Gasteiger partial charge on any atom is -0.490 e. The summed E-state index contributed by atoms with van der Waals surface area (Å²) in [5.41, 5.74) is 0.172. The van der Waals surface area contributed by atoms with E-state index in [0.717, 1.165) is 12.8 Å². The van der Waals surface area contributed by atoms with Gasteiger partial charge in [0.2, 0.25) is 0 Å². The Labute approximate surface area is 124 Å². The van der Waals surface area contributed by atoms with Gasteiger partial charge in [-0.2, -0.15) is 0 Å². The lowest BCUT2D eigenvalue weighted by Gasteiger charge is -2.31. The van der Waals surface area contributed by atoms with E-state index in [1.54, 1.807) is 18.2 Å². The van der Waals surface area contributed by atoms with E-state index < -0.39 is 5.97 Å². The van der Waals surface area contributed by atoms with Crippen LogP contribution in [0.4, 0.5) is 0 Å². The lowest BCUT2D eigenvalue weighted by atomic mass is 10.0. The van der Waals surface area contributed by atoms with Crippen molar-refractivity contribution in [2.24, 2.45) is 0 Å². The Balaban J connectivity index is 1.76. The first-order chi connectivity index (χ1) is 10.1. The van der Waals surface area contributed by atoms with Crippen LogP contribution in [-0.2, 0) is 9.47 Å². The highest BCUT2D eigenvalue weighted by molar-refractivity contribution is 5.90. The van der Waals surface area contributed by atoms with Crippen LogP contribution < -0.4 is 4.74 Å². The second-order valence-corrected chi connectivity index (χ2v) is 5.37. The fraction of sp³-hybridized carbons (Fsp3) is 0.562. The summed E-state index contributed by atoms with van der Waals surface area (Å²) in [4.78, 5) is 11.0. The molecule has 21 heavy (non-hydrogen) atoms. The number of benzene rings is 1. The molecular weight excluding hydrogens is 272 g/mol. The Morgan fingerprint density at radius 1 is 1.24 bits per heavy atom. The highest BCUT2D eigenvalue weighted by Gasteiger charge is 2.24. The highest BCUT2D eigenvalue weighted by atomic mass is 16.5. The number of rotatable bonds is 6. The molecule has 0 aliphatic carbocycles. The number of hydrogen-bond donors (Lipinski definition) is 1. The van der Waals surface area contributed by atoms with Gasteiger partial charge in [-0.15, -0.1) is 0 Å². The summed E-state index contributed by atoms with van der Waals surface area (Å²) < 4.78 is 17.0. The Morgan fingerprint density at radius 3 is 2.57 bits per heavy atom. The Bertz CT molecular complexity index is 463. The first-order valence-electron chi connectivity index (χ1n) is 7.28. The smallest absolute Gasteiger partial charge is 0.339 e. The number of carbonyl (C=O) groups is 1. The van der Waals surface area contributed by atoms with Gasteiger partial charge in [0, 0.05) is 0 Å². The molecule has 1 heterocycles. The van der Waals surface area contributed by atoms with E-state index in [-0.39, 0.29) is 23.9 Å². The van der Waals surface area contributed by atoms with Crippen molar-refractivity contribution in [3.63, 3.8) is 0 Å². The molecule has 1 fully saturated rings. The molecule has 0 saturated carbocycles. The van der Waals surface area contributed by atoms with Crippen molar-refractivity contribution < 1.29 is 24.1 Å². The summed E-state index contributed by atoms with van der Waals surface area (Å²) >= 11 is 0. The average Bonchev–Trinajstić information content (AvgIpc) is 2.43. The predicted molar refractivity (Wildman–Crippen MR) is 77.9 cm³/mol. The third kappa shape index (κ3) is 4.72. The summed E-state index contributed by atoms with van der Waals surface area (Å²) in [6.07, 6.45) is 2.38. The van der Waals surface area contributed by atoms with E-state index in [1.165, 1.54) is 6.07 Å². The lowest BCUT2D eigenvalue weighted by Crippen LogP contribution is -2.34. The maximum atomic E-state index is 11.0. The third-order valence-electron chi connectivity index (χ3n) is 3.47. The Morgan fingerprint density at radius 2 is 1.90 bits per heavy atom. The van der Waals surface area contributed by atoms with E-state index in [9.17, 15) is 4.79 Å². The average molecular weight is 294 g/mol. The summed E-state index contributed by atoms with van der Waals surface area (Å²) in [5.74, 6) is -0.610.